The van der Waals surface area contributed by atoms with Crippen molar-refractivity contribution < 1.29 is 0 Å². The van der Waals surface area contributed by atoms with E-state index in [0.29, 0.717) is 16.7 Å². The zero-order valence-corrected chi connectivity index (χ0v) is 12.5. The summed E-state index contributed by atoms with van der Waals surface area (Å²) < 4.78 is 0. The van der Waals surface area contributed by atoms with Gasteiger partial charge in [-0.05, 0) is 38.1 Å². The Kier molecular flexibility index (Phi) is 4.71. The molecule has 0 radical (unpaired) electrons. The molecule has 0 bridgehead atoms. The zero-order chi connectivity index (χ0) is 13.8. The molecule has 0 aliphatic carbocycles. The fraction of sp³-hybridized carbons (Fsp3) is 0.571. The molecule has 1 saturated heterocycles. The van der Waals surface area contributed by atoms with Gasteiger partial charge < -0.3 is 10.6 Å². The number of nitrogens with two attached hydrogens (primary N) is 1. The number of nitrogens with zero attached hydrogens (tertiary/aromatic N) is 3. The van der Waals surface area contributed by atoms with Crippen LogP contribution < -0.4 is 10.6 Å². The molecule has 1 aliphatic heterocycles. The lowest BCUT2D eigenvalue weighted by molar-refractivity contribution is 0.270. The molecule has 0 aromatic carbocycles. The number of hydrogen-bond acceptors (Lipinski definition) is 4. The molecule has 5 heteroatoms. The summed E-state index contributed by atoms with van der Waals surface area (Å²) in [5, 5.41) is 0. The number of rotatable bonds is 5. The summed E-state index contributed by atoms with van der Waals surface area (Å²) >= 11 is 4.98. The van der Waals surface area contributed by atoms with Crippen LogP contribution in [0.5, 0.6) is 0 Å². The smallest absolute Gasteiger partial charge is 0.122 e. The molecular formula is C14H22N4S. The van der Waals surface area contributed by atoms with E-state index >= 15 is 0 Å². The van der Waals surface area contributed by atoms with Gasteiger partial charge in [-0.3, -0.25) is 9.88 Å². The number of likely N-dealkylation sites (N-methyl/N-ethyl adjacent to an activating group) is 2. The Hall–Kier alpha value is -1.20. The lowest BCUT2D eigenvalue weighted by Gasteiger charge is -2.29. The molecule has 2 heterocycles. The maximum atomic E-state index is 5.63. The number of likely N-dealkylation sites (tertiary alicyclic amines) is 1. The minimum Gasteiger partial charge on any atom is -0.388 e. The molecule has 1 atom stereocenters. The van der Waals surface area contributed by atoms with Crippen LogP contribution in [-0.2, 0) is 0 Å². The highest BCUT2D eigenvalue weighted by molar-refractivity contribution is 7.80. The van der Waals surface area contributed by atoms with E-state index in [0.717, 1.165) is 18.8 Å². The van der Waals surface area contributed by atoms with E-state index in [1.54, 1.807) is 6.20 Å². The van der Waals surface area contributed by atoms with Gasteiger partial charge in [0.25, 0.3) is 0 Å². The Balaban J connectivity index is 2.05. The van der Waals surface area contributed by atoms with Crippen molar-refractivity contribution in [3.05, 3.63) is 24.0 Å². The van der Waals surface area contributed by atoms with Gasteiger partial charge in [0.05, 0.1) is 5.69 Å². The maximum Gasteiger partial charge on any atom is 0.122 e. The van der Waals surface area contributed by atoms with Crippen molar-refractivity contribution in [2.24, 2.45) is 5.73 Å². The topological polar surface area (TPSA) is 45.4 Å². The summed E-state index contributed by atoms with van der Waals surface area (Å²) in [5.41, 5.74) is 7.45. The number of thiocarbonyl (C=S) groups is 1. The molecule has 1 unspecified atom stereocenters. The van der Waals surface area contributed by atoms with E-state index in [4.69, 9.17) is 18.0 Å². The first-order valence-corrected chi connectivity index (χ1v) is 7.23. The fourth-order valence-electron chi connectivity index (χ4n) is 2.73. The van der Waals surface area contributed by atoms with E-state index in [1.807, 2.05) is 12.1 Å². The first-order valence-electron chi connectivity index (χ1n) is 6.83. The molecular weight excluding hydrogens is 256 g/mol. The van der Waals surface area contributed by atoms with Gasteiger partial charge in [0.15, 0.2) is 0 Å². The van der Waals surface area contributed by atoms with Gasteiger partial charge >= 0.3 is 0 Å². The molecule has 1 fully saturated rings. The molecule has 1 aromatic rings. The van der Waals surface area contributed by atoms with Crippen molar-refractivity contribution in [2.45, 2.75) is 25.8 Å². The van der Waals surface area contributed by atoms with Crippen molar-refractivity contribution in [1.82, 2.24) is 9.88 Å². The van der Waals surface area contributed by atoms with E-state index in [1.165, 1.54) is 19.4 Å². The van der Waals surface area contributed by atoms with Gasteiger partial charge in [0.2, 0.25) is 0 Å². The molecule has 1 aliphatic rings. The minimum absolute atomic E-state index is 0.353. The third kappa shape index (κ3) is 3.42. The van der Waals surface area contributed by atoms with Gasteiger partial charge in [-0.1, -0.05) is 19.1 Å². The molecule has 19 heavy (non-hydrogen) atoms. The summed E-state index contributed by atoms with van der Waals surface area (Å²) in [5.74, 6) is 0. The molecule has 2 N–H and O–H groups in total. The van der Waals surface area contributed by atoms with Crippen LogP contribution >= 0.6 is 12.2 Å². The number of aromatic nitrogens is 1. The summed E-state index contributed by atoms with van der Waals surface area (Å²) in [7, 11) is 2.12. The normalized spacial score (nSPS) is 19.6. The second-order valence-corrected chi connectivity index (χ2v) is 5.51. The van der Waals surface area contributed by atoms with Crippen LogP contribution in [0.1, 0.15) is 25.5 Å². The standard InChI is InChI=1S/C14H22N4S/c1-3-18-8-4-5-12(18)10-17(2)11-6-7-16-13(9-11)14(15)19/h6-7,9,12H,3-5,8,10H2,1-2H3,(H2,15,19). The summed E-state index contributed by atoms with van der Waals surface area (Å²) in [6.07, 6.45) is 4.36. The molecule has 0 saturated carbocycles. The quantitative estimate of drug-likeness (QED) is 0.830. The highest BCUT2D eigenvalue weighted by atomic mass is 32.1. The van der Waals surface area contributed by atoms with E-state index in [2.05, 4.69) is 28.8 Å². The molecule has 2 rings (SSSR count). The van der Waals surface area contributed by atoms with Crippen LogP contribution in [0.2, 0.25) is 0 Å². The van der Waals surface area contributed by atoms with E-state index in [-0.39, 0.29) is 0 Å². The number of pyridine rings is 1. The monoisotopic (exact) mass is 278 g/mol. The van der Waals surface area contributed by atoms with Crippen LogP contribution in [-0.4, -0.2) is 47.6 Å². The number of hydrogen-bond donors (Lipinski definition) is 1. The minimum atomic E-state index is 0.353. The molecule has 1 aromatic heterocycles. The predicted molar refractivity (Wildman–Crippen MR) is 83.7 cm³/mol. The Morgan fingerprint density at radius 1 is 1.63 bits per heavy atom. The average molecular weight is 278 g/mol. The lowest BCUT2D eigenvalue weighted by Crippen LogP contribution is -2.38. The van der Waals surface area contributed by atoms with Gasteiger partial charge in [-0.25, -0.2) is 0 Å². The third-order valence-electron chi connectivity index (χ3n) is 3.83. The Morgan fingerprint density at radius 3 is 3.11 bits per heavy atom. The van der Waals surface area contributed by atoms with Gasteiger partial charge in [-0.15, -0.1) is 0 Å². The zero-order valence-electron chi connectivity index (χ0n) is 11.7. The van der Waals surface area contributed by atoms with Crippen LogP contribution in [0.15, 0.2) is 18.3 Å². The SMILES string of the molecule is CCN1CCCC1CN(C)c1ccnc(C(N)=S)c1. The van der Waals surface area contributed by atoms with Crippen molar-refractivity contribution >= 4 is 22.9 Å². The van der Waals surface area contributed by atoms with E-state index < -0.39 is 0 Å². The summed E-state index contributed by atoms with van der Waals surface area (Å²) in [6, 6.07) is 4.62. The van der Waals surface area contributed by atoms with Crippen molar-refractivity contribution in [1.29, 1.82) is 0 Å². The van der Waals surface area contributed by atoms with Crippen molar-refractivity contribution in [3.63, 3.8) is 0 Å². The molecule has 4 nitrogen and oxygen atoms in total. The van der Waals surface area contributed by atoms with Crippen LogP contribution in [0.3, 0.4) is 0 Å². The predicted octanol–water partition coefficient (Wildman–Crippen LogP) is 1.64. The Bertz CT molecular complexity index is 449. The lowest BCUT2D eigenvalue weighted by atomic mass is 10.2. The highest BCUT2D eigenvalue weighted by Crippen LogP contribution is 2.20. The van der Waals surface area contributed by atoms with Crippen LogP contribution in [0.4, 0.5) is 5.69 Å². The summed E-state index contributed by atoms with van der Waals surface area (Å²) in [6.45, 7) is 5.63. The maximum absolute atomic E-state index is 5.63. The largest absolute Gasteiger partial charge is 0.388 e. The average Bonchev–Trinajstić information content (AvgIpc) is 2.86. The third-order valence-corrected chi connectivity index (χ3v) is 4.04. The first-order chi connectivity index (χ1) is 9.11. The Labute approximate surface area is 120 Å². The first kappa shape index (κ1) is 14.2. The van der Waals surface area contributed by atoms with Gasteiger partial charge in [0.1, 0.15) is 4.99 Å². The highest BCUT2D eigenvalue weighted by Gasteiger charge is 2.24. The van der Waals surface area contributed by atoms with E-state index in [9.17, 15) is 0 Å². The second kappa shape index (κ2) is 6.30. The van der Waals surface area contributed by atoms with Gasteiger partial charge in [0, 0.05) is 31.5 Å². The molecule has 0 amide bonds. The van der Waals surface area contributed by atoms with Crippen molar-refractivity contribution in [2.75, 3.05) is 31.6 Å². The van der Waals surface area contributed by atoms with Crippen LogP contribution in [0.25, 0.3) is 0 Å². The second-order valence-electron chi connectivity index (χ2n) is 5.07. The fourth-order valence-corrected chi connectivity index (χ4v) is 2.84. The van der Waals surface area contributed by atoms with Gasteiger partial charge in [-0.2, -0.15) is 0 Å². The Morgan fingerprint density at radius 2 is 2.42 bits per heavy atom. The molecule has 0 spiro atoms. The molecule has 104 valence electrons. The van der Waals surface area contributed by atoms with Crippen LogP contribution in [0, 0.1) is 0 Å². The summed E-state index contributed by atoms with van der Waals surface area (Å²) in [4.78, 5) is 9.35. The van der Waals surface area contributed by atoms with Crippen molar-refractivity contribution in [3.8, 4) is 0 Å². The number of anilines is 1.